The quantitative estimate of drug-likeness (QED) is 0.593. The molecule has 2 aromatic carbocycles. The molecule has 0 unspecified atom stereocenters. The van der Waals surface area contributed by atoms with Gasteiger partial charge in [-0.05, 0) is 43.3 Å². The summed E-state index contributed by atoms with van der Waals surface area (Å²) in [4.78, 5) is 49.4. The second kappa shape index (κ2) is 7.97. The maximum absolute atomic E-state index is 12.6. The molecule has 0 spiro atoms. The number of carbonyl (C=O) groups is 4. The molecule has 30 heavy (non-hydrogen) atoms. The number of anilines is 1. The van der Waals surface area contributed by atoms with E-state index in [1.807, 2.05) is 0 Å². The van der Waals surface area contributed by atoms with Crippen LogP contribution in [0.5, 0.6) is 0 Å². The number of imide groups is 1. The van der Waals surface area contributed by atoms with Gasteiger partial charge in [0.05, 0.1) is 16.7 Å². The highest BCUT2D eigenvalue weighted by molar-refractivity contribution is 6.22. The molecule has 2 aromatic rings. The predicted octanol–water partition coefficient (Wildman–Crippen LogP) is 2.87. The van der Waals surface area contributed by atoms with Gasteiger partial charge in [-0.15, -0.1) is 0 Å². The van der Waals surface area contributed by atoms with Crippen molar-refractivity contribution in [1.29, 1.82) is 0 Å². The smallest absolute Gasteiger partial charge is 0.416 e. The summed E-state index contributed by atoms with van der Waals surface area (Å²) in [6.45, 7) is 0.573. The SMILES string of the molecule is C[C@H](OC(=O)CN1C(=O)c2ccccc2C1=O)C(=O)Nc1ccc(C(F)(F)F)cc1. The molecular formula is C20H15F3N2O5. The number of benzene rings is 2. The number of alkyl halides is 3. The zero-order valence-electron chi connectivity index (χ0n) is 15.5. The van der Waals surface area contributed by atoms with Gasteiger partial charge in [-0.1, -0.05) is 12.1 Å². The van der Waals surface area contributed by atoms with E-state index in [0.717, 1.165) is 24.3 Å². The van der Waals surface area contributed by atoms with Gasteiger partial charge < -0.3 is 10.1 Å². The van der Waals surface area contributed by atoms with Gasteiger partial charge in [0.1, 0.15) is 6.54 Å². The standard InChI is InChI=1S/C20H15F3N2O5/c1-11(17(27)24-13-8-6-12(7-9-13)20(21,22)23)30-16(26)10-25-18(28)14-4-2-3-5-15(14)19(25)29/h2-9,11H,10H2,1H3,(H,24,27)/t11-/m0/s1. The number of hydrogen-bond acceptors (Lipinski definition) is 5. The monoisotopic (exact) mass is 420 g/mol. The average Bonchev–Trinajstić information content (AvgIpc) is 2.93. The van der Waals surface area contributed by atoms with Crippen LogP contribution in [0.1, 0.15) is 33.2 Å². The second-order valence-corrected chi connectivity index (χ2v) is 6.44. The topological polar surface area (TPSA) is 92.8 Å². The number of fused-ring (bicyclic) bond motifs is 1. The van der Waals surface area contributed by atoms with E-state index in [1.165, 1.54) is 19.1 Å². The minimum absolute atomic E-state index is 0.0799. The minimum atomic E-state index is -4.50. The molecule has 1 aliphatic heterocycles. The highest BCUT2D eigenvalue weighted by Gasteiger charge is 2.37. The summed E-state index contributed by atoms with van der Waals surface area (Å²) in [6.07, 6.45) is -5.81. The van der Waals surface area contributed by atoms with Crippen LogP contribution in [0.15, 0.2) is 48.5 Å². The molecule has 3 amide bonds. The van der Waals surface area contributed by atoms with Crippen molar-refractivity contribution in [3.8, 4) is 0 Å². The van der Waals surface area contributed by atoms with Crippen molar-refractivity contribution in [2.75, 3.05) is 11.9 Å². The Kier molecular flexibility index (Phi) is 5.59. The van der Waals surface area contributed by atoms with Crippen molar-refractivity contribution >= 4 is 29.4 Å². The number of nitrogens with one attached hydrogen (secondary N) is 1. The molecule has 1 atom stereocenters. The first kappa shape index (κ1) is 21.0. The van der Waals surface area contributed by atoms with Crippen LogP contribution in [0.3, 0.4) is 0 Å². The van der Waals surface area contributed by atoms with E-state index in [4.69, 9.17) is 4.74 Å². The highest BCUT2D eigenvalue weighted by Crippen LogP contribution is 2.29. The van der Waals surface area contributed by atoms with Crippen LogP contribution in [0.25, 0.3) is 0 Å². The fourth-order valence-corrected chi connectivity index (χ4v) is 2.79. The first-order chi connectivity index (χ1) is 14.1. The Bertz CT molecular complexity index is 983. The molecule has 1 aliphatic rings. The predicted molar refractivity (Wildman–Crippen MR) is 97.4 cm³/mol. The fourth-order valence-electron chi connectivity index (χ4n) is 2.79. The van der Waals surface area contributed by atoms with Crippen LogP contribution in [0.4, 0.5) is 18.9 Å². The first-order valence-electron chi connectivity index (χ1n) is 8.71. The molecule has 0 aromatic heterocycles. The maximum atomic E-state index is 12.6. The number of carbonyl (C=O) groups excluding carboxylic acids is 4. The lowest BCUT2D eigenvalue weighted by molar-refractivity contribution is -0.153. The number of rotatable bonds is 5. The zero-order valence-corrected chi connectivity index (χ0v) is 15.5. The third-order valence-corrected chi connectivity index (χ3v) is 4.32. The van der Waals surface area contributed by atoms with Gasteiger partial charge in [0, 0.05) is 5.69 Å². The molecule has 0 bridgehead atoms. The van der Waals surface area contributed by atoms with Crippen molar-refractivity contribution < 1.29 is 37.1 Å². The molecule has 0 saturated heterocycles. The Morgan fingerprint density at radius 2 is 1.53 bits per heavy atom. The van der Waals surface area contributed by atoms with E-state index in [2.05, 4.69) is 5.32 Å². The molecule has 10 heteroatoms. The summed E-state index contributed by atoms with van der Waals surface area (Å²) in [7, 11) is 0. The molecule has 1 heterocycles. The number of nitrogens with zero attached hydrogens (tertiary/aromatic N) is 1. The van der Waals surface area contributed by atoms with Crippen LogP contribution in [0.2, 0.25) is 0 Å². The van der Waals surface area contributed by atoms with Gasteiger partial charge in [-0.25, -0.2) is 0 Å². The molecule has 0 saturated carbocycles. The summed E-state index contributed by atoms with van der Waals surface area (Å²) in [6, 6.07) is 9.81. The van der Waals surface area contributed by atoms with E-state index in [1.54, 1.807) is 12.1 Å². The molecule has 156 valence electrons. The lowest BCUT2D eigenvalue weighted by Crippen LogP contribution is -2.38. The Labute approximate surface area is 168 Å². The summed E-state index contributed by atoms with van der Waals surface area (Å²) < 4.78 is 42.6. The normalized spacial score (nSPS) is 14.3. The van der Waals surface area contributed by atoms with Crippen LogP contribution >= 0.6 is 0 Å². The van der Waals surface area contributed by atoms with E-state index >= 15 is 0 Å². The van der Waals surface area contributed by atoms with Crippen molar-refractivity contribution in [3.63, 3.8) is 0 Å². The summed E-state index contributed by atoms with van der Waals surface area (Å²) >= 11 is 0. The largest absolute Gasteiger partial charge is 0.451 e. The Morgan fingerprint density at radius 3 is 2.03 bits per heavy atom. The molecule has 3 rings (SSSR count). The number of esters is 1. The Hall–Kier alpha value is -3.69. The van der Waals surface area contributed by atoms with Crippen molar-refractivity contribution in [2.24, 2.45) is 0 Å². The highest BCUT2D eigenvalue weighted by atomic mass is 19.4. The number of amides is 3. The van der Waals surface area contributed by atoms with Crippen LogP contribution in [-0.2, 0) is 20.5 Å². The van der Waals surface area contributed by atoms with E-state index < -0.39 is 48.1 Å². The first-order valence-corrected chi connectivity index (χ1v) is 8.71. The second-order valence-electron chi connectivity index (χ2n) is 6.44. The van der Waals surface area contributed by atoms with Crippen LogP contribution in [-0.4, -0.2) is 41.2 Å². The van der Waals surface area contributed by atoms with Gasteiger partial charge in [-0.2, -0.15) is 13.2 Å². The third kappa shape index (κ3) is 4.32. The van der Waals surface area contributed by atoms with Crippen molar-refractivity contribution in [2.45, 2.75) is 19.2 Å². The molecule has 1 N–H and O–H groups in total. The summed E-state index contributed by atoms with van der Waals surface area (Å²) in [5.41, 5.74) is -0.455. The van der Waals surface area contributed by atoms with Crippen molar-refractivity contribution in [3.05, 3.63) is 65.2 Å². The van der Waals surface area contributed by atoms with Crippen LogP contribution < -0.4 is 5.32 Å². The Balaban J connectivity index is 1.56. The van der Waals surface area contributed by atoms with E-state index in [9.17, 15) is 32.3 Å². The van der Waals surface area contributed by atoms with Gasteiger partial charge in [0.25, 0.3) is 17.7 Å². The van der Waals surface area contributed by atoms with Crippen LogP contribution in [0, 0.1) is 0 Å². The van der Waals surface area contributed by atoms with Gasteiger partial charge in [0.2, 0.25) is 0 Å². The molecular weight excluding hydrogens is 405 g/mol. The summed E-state index contributed by atoms with van der Waals surface area (Å²) in [5, 5.41) is 2.32. The van der Waals surface area contributed by atoms with Gasteiger partial charge in [-0.3, -0.25) is 24.1 Å². The fraction of sp³-hybridized carbons (Fsp3) is 0.200. The molecule has 7 nitrogen and oxygen atoms in total. The van der Waals surface area contributed by atoms with Crippen molar-refractivity contribution in [1.82, 2.24) is 4.90 Å². The lowest BCUT2D eigenvalue weighted by Gasteiger charge is -2.17. The van der Waals surface area contributed by atoms with Gasteiger partial charge in [0.15, 0.2) is 6.10 Å². The summed E-state index contributed by atoms with van der Waals surface area (Å²) in [5.74, 6) is -3.06. The van der Waals surface area contributed by atoms with Gasteiger partial charge >= 0.3 is 12.1 Å². The lowest BCUT2D eigenvalue weighted by atomic mass is 10.1. The number of halogens is 3. The minimum Gasteiger partial charge on any atom is -0.451 e. The molecule has 0 aliphatic carbocycles. The number of ether oxygens (including phenoxy) is 1. The Morgan fingerprint density at radius 1 is 1.00 bits per heavy atom. The van der Waals surface area contributed by atoms with E-state index in [-0.39, 0.29) is 16.8 Å². The third-order valence-electron chi connectivity index (χ3n) is 4.32. The van der Waals surface area contributed by atoms with E-state index in [0.29, 0.717) is 4.90 Å². The number of hydrogen-bond donors (Lipinski definition) is 1. The zero-order chi connectivity index (χ0) is 22.1. The average molecular weight is 420 g/mol. The molecule has 0 radical (unpaired) electrons. The maximum Gasteiger partial charge on any atom is 0.416 e. The molecule has 0 fully saturated rings.